The van der Waals surface area contributed by atoms with Gasteiger partial charge in [-0.2, -0.15) is 0 Å². The first-order chi connectivity index (χ1) is 13.3. The van der Waals surface area contributed by atoms with E-state index in [1.807, 2.05) is 36.4 Å². The van der Waals surface area contributed by atoms with Crippen molar-refractivity contribution in [3.63, 3.8) is 0 Å². The number of rotatable bonds is 12. The van der Waals surface area contributed by atoms with Gasteiger partial charge in [-0.05, 0) is 17.5 Å². The number of nitrogens with one attached hydrogen (secondary N) is 1. The Morgan fingerprint density at radius 2 is 1.59 bits per heavy atom. The smallest absolute Gasteiger partial charge is 0.124 e. The fraction of sp³-hybridized carbons (Fsp3) is 0.200. The highest BCUT2D eigenvalue weighted by atomic mass is 16.5. The van der Waals surface area contributed by atoms with E-state index < -0.39 is 5.60 Å². The van der Waals surface area contributed by atoms with Gasteiger partial charge in [0.25, 0.3) is 0 Å². The average molecular weight is 360 g/mol. The minimum atomic E-state index is -0.701. The van der Waals surface area contributed by atoms with Crippen LogP contribution in [-0.4, -0.2) is 18.8 Å². The first-order valence-electron chi connectivity index (χ1n) is 9.25. The number of ether oxygens (including phenoxy) is 1. The summed E-state index contributed by atoms with van der Waals surface area (Å²) in [4.78, 5) is 0. The number of hydrogen-bond donors (Lipinski definition) is 1. The van der Waals surface area contributed by atoms with Crippen molar-refractivity contribution in [2.24, 2.45) is 0 Å². The van der Waals surface area contributed by atoms with Crippen LogP contribution in [0.4, 0.5) is 0 Å². The summed E-state index contributed by atoms with van der Waals surface area (Å²) >= 11 is 0. The summed E-state index contributed by atoms with van der Waals surface area (Å²) in [5, 5.41) is 3.54. The molecular formula is C25H29NO. The highest BCUT2D eigenvalue weighted by Gasteiger charge is 2.35. The number of benzene rings is 2. The maximum absolute atomic E-state index is 6.26. The van der Waals surface area contributed by atoms with E-state index in [0.29, 0.717) is 13.2 Å². The lowest BCUT2D eigenvalue weighted by atomic mass is 9.87. The van der Waals surface area contributed by atoms with Crippen molar-refractivity contribution in [1.82, 2.24) is 5.32 Å². The van der Waals surface area contributed by atoms with Crippen LogP contribution in [0.1, 0.15) is 17.2 Å². The molecule has 27 heavy (non-hydrogen) atoms. The highest BCUT2D eigenvalue weighted by molar-refractivity contribution is 5.31. The fourth-order valence-electron chi connectivity index (χ4n) is 3.05. The second kappa shape index (κ2) is 11.1. The van der Waals surface area contributed by atoms with Crippen LogP contribution in [0.25, 0.3) is 0 Å². The molecule has 0 amide bonds. The van der Waals surface area contributed by atoms with E-state index in [0.717, 1.165) is 12.0 Å². The molecule has 0 aliphatic rings. The van der Waals surface area contributed by atoms with Crippen LogP contribution in [0.5, 0.6) is 0 Å². The van der Waals surface area contributed by atoms with Crippen LogP contribution in [0, 0.1) is 0 Å². The molecule has 0 heterocycles. The van der Waals surface area contributed by atoms with Crippen LogP contribution < -0.4 is 5.32 Å². The molecule has 0 bridgehead atoms. The minimum Gasteiger partial charge on any atom is -0.361 e. The van der Waals surface area contributed by atoms with E-state index >= 15 is 0 Å². The van der Waals surface area contributed by atoms with Gasteiger partial charge in [0.15, 0.2) is 0 Å². The van der Waals surface area contributed by atoms with Crippen molar-refractivity contribution in [1.29, 1.82) is 0 Å². The van der Waals surface area contributed by atoms with E-state index in [9.17, 15) is 0 Å². The van der Waals surface area contributed by atoms with E-state index in [1.165, 1.54) is 5.56 Å². The van der Waals surface area contributed by atoms with E-state index in [4.69, 9.17) is 4.74 Å². The molecule has 2 aromatic carbocycles. The monoisotopic (exact) mass is 359 g/mol. The molecular weight excluding hydrogens is 330 g/mol. The van der Waals surface area contributed by atoms with Crippen molar-refractivity contribution in [2.45, 2.75) is 18.1 Å². The van der Waals surface area contributed by atoms with Gasteiger partial charge in [0.1, 0.15) is 5.60 Å². The van der Waals surface area contributed by atoms with E-state index in [2.05, 4.69) is 73.6 Å². The van der Waals surface area contributed by atoms with Crippen LogP contribution >= 0.6 is 0 Å². The zero-order chi connectivity index (χ0) is 19.4. The zero-order valence-electron chi connectivity index (χ0n) is 15.9. The van der Waals surface area contributed by atoms with Crippen molar-refractivity contribution in [3.8, 4) is 0 Å². The lowest BCUT2D eigenvalue weighted by Crippen LogP contribution is -2.43. The Balaban J connectivity index is 2.36. The summed E-state index contributed by atoms with van der Waals surface area (Å²) in [7, 11) is 0. The topological polar surface area (TPSA) is 21.3 Å². The molecule has 0 radical (unpaired) electrons. The van der Waals surface area contributed by atoms with Gasteiger partial charge >= 0.3 is 0 Å². The van der Waals surface area contributed by atoms with Crippen molar-refractivity contribution in [3.05, 3.63) is 122 Å². The maximum atomic E-state index is 6.26. The summed E-state index contributed by atoms with van der Waals surface area (Å²) in [6, 6.07) is 20.6. The third-order valence-corrected chi connectivity index (χ3v) is 4.40. The Bertz CT molecular complexity index is 735. The van der Waals surface area contributed by atoms with Gasteiger partial charge in [-0.1, -0.05) is 97.6 Å². The van der Waals surface area contributed by atoms with Crippen LogP contribution in [-0.2, 0) is 11.2 Å². The normalized spacial score (nSPS) is 14.4. The average Bonchev–Trinajstić information content (AvgIpc) is 2.73. The SMILES string of the molecule is C=CCN[C@@H](c1ccccc1)C(C=C)(C=CCc1ccccc1)OCC=C. The number of allylic oxidation sites excluding steroid dienone is 1. The largest absolute Gasteiger partial charge is 0.361 e. The molecule has 0 fully saturated rings. The van der Waals surface area contributed by atoms with Crippen LogP contribution in [0.2, 0.25) is 0 Å². The predicted octanol–water partition coefficient (Wildman–Crippen LogP) is 5.43. The summed E-state index contributed by atoms with van der Waals surface area (Å²) < 4.78 is 6.26. The van der Waals surface area contributed by atoms with Crippen molar-refractivity contribution < 1.29 is 4.74 Å². The lowest BCUT2D eigenvalue weighted by Gasteiger charge is -2.37. The molecule has 0 saturated carbocycles. The summed E-state index contributed by atoms with van der Waals surface area (Å²) in [5.74, 6) is 0. The van der Waals surface area contributed by atoms with Crippen LogP contribution in [0.15, 0.2) is 111 Å². The molecule has 2 heteroatoms. The first-order valence-corrected chi connectivity index (χ1v) is 9.25. The molecule has 2 rings (SSSR count). The van der Waals surface area contributed by atoms with Crippen LogP contribution in [0.3, 0.4) is 0 Å². The van der Waals surface area contributed by atoms with Gasteiger partial charge in [0, 0.05) is 6.54 Å². The second-order valence-corrected chi connectivity index (χ2v) is 6.29. The van der Waals surface area contributed by atoms with Gasteiger partial charge in [-0.3, -0.25) is 0 Å². The number of hydrogen-bond acceptors (Lipinski definition) is 2. The third-order valence-electron chi connectivity index (χ3n) is 4.40. The molecule has 0 saturated heterocycles. The Kier molecular flexibility index (Phi) is 8.50. The maximum Gasteiger partial charge on any atom is 0.124 e. The molecule has 1 N–H and O–H groups in total. The Hall–Kier alpha value is -2.68. The Labute approximate surface area is 163 Å². The van der Waals surface area contributed by atoms with Crippen molar-refractivity contribution >= 4 is 0 Å². The molecule has 140 valence electrons. The summed E-state index contributed by atoms with van der Waals surface area (Å²) in [6.07, 6.45) is 10.6. The summed E-state index contributed by atoms with van der Waals surface area (Å²) in [6.45, 7) is 12.8. The van der Waals surface area contributed by atoms with Gasteiger partial charge < -0.3 is 10.1 Å². The standard InChI is InChI=1S/C25H29NO/c1-4-20-26-24(23-17-11-8-12-18-23)25(6-3,27-21-5-2)19-13-16-22-14-9-7-10-15-22/h4-15,17-19,24,26H,1-3,16,20-21H2/t24-,25?/m0/s1. The minimum absolute atomic E-state index is 0.0961. The van der Waals surface area contributed by atoms with Crippen molar-refractivity contribution in [2.75, 3.05) is 13.2 Å². The quantitative estimate of drug-likeness (QED) is 0.510. The molecule has 2 aromatic rings. The highest BCUT2D eigenvalue weighted by Crippen LogP contribution is 2.32. The fourth-order valence-corrected chi connectivity index (χ4v) is 3.05. The molecule has 1 unspecified atom stereocenters. The molecule has 0 spiro atoms. The second-order valence-electron chi connectivity index (χ2n) is 6.29. The van der Waals surface area contributed by atoms with Gasteiger partial charge in [-0.15, -0.1) is 13.2 Å². The first kappa shape index (κ1) is 20.6. The lowest BCUT2D eigenvalue weighted by molar-refractivity contribution is 0.0169. The molecule has 0 aromatic heterocycles. The third kappa shape index (κ3) is 5.92. The Morgan fingerprint density at radius 1 is 0.926 bits per heavy atom. The van der Waals surface area contributed by atoms with E-state index in [-0.39, 0.29) is 6.04 Å². The predicted molar refractivity (Wildman–Crippen MR) is 116 cm³/mol. The molecule has 2 atom stereocenters. The van der Waals surface area contributed by atoms with Gasteiger partial charge in [0.05, 0.1) is 12.6 Å². The zero-order valence-corrected chi connectivity index (χ0v) is 15.9. The Morgan fingerprint density at radius 3 is 2.19 bits per heavy atom. The molecule has 0 aliphatic heterocycles. The molecule has 2 nitrogen and oxygen atoms in total. The summed E-state index contributed by atoms with van der Waals surface area (Å²) in [5.41, 5.74) is 1.69. The van der Waals surface area contributed by atoms with Gasteiger partial charge in [-0.25, -0.2) is 0 Å². The molecule has 0 aliphatic carbocycles. The van der Waals surface area contributed by atoms with E-state index in [1.54, 1.807) is 6.08 Å². The van der Waals surface area contributed by atoms with Gasteiger partial charge in [0.2, 0.25) is 0 Å².